The Balaban J connectivity index is 2.09. The van der Waals surface area contributed by atoms with Crippen LogP contribution in [0, 0.1) is 0 Å². The highest BCUT2D eigenvalue weighted by molar-refractivity contribution is 7.92. The van der Waals surface area contributed by atoms with E-state index in [9.17, 15) is 18.3 Å². The van der Waals surface area contributed by atoms with E-state index in [1.165, 1.54) is 36.4 Å². The summed E-state index contributed by atoms with van der Waals surface area (Å²) in [7, 11) is -4.14. The maximum absolute atomic E-state index is 12.4. The van der Waals surface area contributed by atoms with Crippen molar-refractivity contribution in [1.29, 1.82) is 0 Å². The highest BCUT2D eigenvalue weighted by Crippen LogP contribution is 2.22. The molecule has 0 saturated carbocycles. The summed E-state index contributed by atoms with van der Waals surface area (Å²) in [6.45, 7) is 0. The number of aromatic hydroxyl groups is 1. The highest BCUT2D eigenvalue weighted by atomic mass is 32.2. The number of hydrogen-bond donors (Lipinski definition) is 3. The van der Waals surface area contributed by atoms with Crippen LogP contribution in [0.2, 0.25) is 0 Å². The molecule has 0 saturated heterocycles. The summed E-state index contributed by atoms with van der Waals surface area (Å²) >= 11 is 0. The number of sulfonamides is 1. The zero-order chi connectivity index (χ0) is 16.6. The van der Waals surface area contributed by atoms with Gasteiger partial charge in [-0.2, -0.15) is 0 Å². The molecule has 0 aliphatic heterocycles. The summed E-state index contributed by atoms with van der Waals surface area (Å²) in [6.07, 6.45) is 0. The molecule has 0 atom stereocenters. The second-order valence-electron chi connectivity index (χ2n) is 4.85. The van der Waals surface area contributed by atoms with Crippen LogP contribution in [0.25, 0.3) is 11.0 Å². The molecule has 3 aromatic rings. The zero-order valence-electron chi connectivity index (χ0n) is 11.7. The maximum Gasteiger partial charge on any atom is 0.357 e. The first-order valence-corrected chi connectivity index (χ1v) is 7.99. The Kier molecular flexibility index (Phi) is 3.45. The number of nitrogens with two attached hydrogens (primary N) is 1. The molecule has 0 aliphatic carbocycles. The number of benzene rings is 2. The Morgan fingerprint density at radius 1 is 1.09 bits per heavy atom. The molecule has 0 fully saturated rings. The van der Waals surface area contributed by atoms with Crippen LogP contribution in [0.5, 0.6) is 5.75 Å². The number of anilines is 2. The predicted octanol–water partition coefficient (Wildman–Crippen LogP) is 1.88. The number of fused-ring (bicyclic) bond motifs is 1. The van der Waals surface area contributed by atoms with Gasteiger partial charge in [-0.1, -0.05) is 6.07 Å². The number of nitrogens with one attached hydrogen (secondary N) is 1. The quantitative estimate of drug-likeness (QED) is 0.497. The molecular weight excluding hydrogens is 320 g/mol. The second-order valence-corrected chi connectivity index (χ2v) is 6.50. The Labute approximate surface area is 131 Å². The van der Waals surface area contributed by atoms with Crippen LogP contribution in [0.1, 0.15) is 0 Å². The molecule has 1 aromatic heterocycles. The summed E-state index contributed by atoms with van der Waals surface area (Å²) in [5.74, 6) is -0.0888. The van der Waals surface area contributed by atoms with E-state index >= 15 is 0 Å². The lowest BCUT2D eigenvalue weighted by molar-refractivity contribution is 0.472. The van der Waals surface area contributed by atoms with Crippen molar-refractivity contribution in [3.63, 3.8) is 0 Å². The fraction of sp³-hybridized carbons (Fsp3) is 0. The van der Waals surface area contributed by atoms with E-state index in [2.05, 4.69) is 4.72 Å². The largest absolute Gasteiger partial charge is 0.508 e. The summed E-state index contributed by atoms with van der Waals surface area (Å²) in [4.78, 5) is 11.4. The van der Waals surface area contributed by atoms with Gasteiger partial charge in [0.1, 0.15) is 11.3 Å². The Bertz CT molecular complexity index is 1060. The lowest BCUT2D eigenvalue weighted by Gasteiger charge is -2.08. The lowest BCUT2D eigenvalue weighted by Crippen LogP contribution is -2.20. The van der Waals surface area contributed by atoms with Crippen LogP contribution < -0.4 is 16.1 Å². The van der Waals surface area contributed by atoms with Crippen molar-refractivity contribution in [3.8, 4) is 5.75 Å². The third-order valence-electron chi connectivity index (χ3n) is 3.12. The summed E-state index contributed by atoms with van der Waals surface area (Å²) in [6, 6.07) is 11.4. The first-order valence-electron chi connectivity index (χ1n) is 6.50. The molecule has 8 heteroatoms. The standard InChI is InChI=1S/C15H12N2O5S/c16-10-2-1-3-11(7-10)17-23(20,21)14-6-9-4-5-12(18)8-13(9)22-15(14)19/h1-8,17-18H,16H2. The fourth-order valence-electron chi connectivity index (χ4n) is 2.08. The normalized spacial score (nSPS) is 11.5. The van der Waals surface area contributed by atoms with E-state index in [0.29, 0.717) is 11.1 Å². The summed E-state index contributed by atoms with van der Waals surface area (Å²) in [5.41, 5.74) is 5.28. The molecule has 2 aromatic carbocycles. The van der Waals surface area contributed by atoms with E-state index < -0.39 is 20.5 Å². The van der Waals surface area contributed by atoms with Gasteiger partial charge in [0.2, 0.25) is 0 Å². The monoisotopic (exact) mass is 332 g/mol. The minimum Gasteiger partial charge on any atom is -0.508 e. The van der Waals surface area contributed by atoms with E-state index in [0.717, 1.165) is 0 Å². The van der Waals surface area contributed by atoms with Crippen LogP contribution in [0.4, 0.5) is 11.4 Å². The number of hydrogen-bond acceptors (Lipinski definition) is 6. The molecule has 7 nitrogen and oxygen atoms in total. The van der Waals surface area contributed by atoms with E-state index in [1.54, 1.807) is 12.1 Å². The first kappa shape index (κ1) is 14.9. The van der Waals surface area contributed by atoms with Crippen molar-refractivity contribution in [3.05, 3.63) is 59.0 Å². The van der Waals surface area contributed by atoms with E-state index in [4.69, 9.17) is 10.2 Å². The van der Waals surface area contributed by atoms with Crippen LogP contribution >= 0.6 is 0 Å². The molecule has 0 radical (unpaired) electrons. The van der Waals surface area contributed by atoms with Crippen molar-refractivity contribution in [2.75, 3.05) is 10.5 Å². The van der Waals surface area contributed by atoms with Crippen molar-refractivity contribution in [2.24, 2.45) is 0 Å². The number of phenols is 1. The maximum atomic E-state index is 12.4. The Morgan fingerprint density at radius 2 is 1.87 bits per heavy atom. The van der Waals surface area contributed by atoms with Crippen LogP contribution in [-0.4, -0.2) is 13.5 Å². The number of rotatable bonds is 3. The minimum absolute atomic E-state index is 0.0888. The Hall–Kier alpha value is -3.00. The Morgan fingerprint density at radius 3 is 2.61 bits per heavy atom. The first-order chi connectivity index (χ1) is 10.8. The number of nitrogen functional groups attached to an aromatic ring is 1. The van der Waals surface area contributed by atoms with Gasteiger partial charge < -0.3 is 15.3 Å². The van der Waals surface area contributed by atoms with Crippen molar-refractivity contribution in [1.82, 2.24) is 0 Å². The molecule has 0 aliphatic rings. The third-order valence-corrected chi connectivity index (χ3v) is 4.48. The molecule has 0 unspecified atom stereocenters. The third kappa shape index (κ3) is 2.97. The molecule has 118 valence electrons. The van der Waals surface area contributed by atoms with Crippen molar-refractivity contribution >= 4 is 32.4 Å². The van der Waals surface area contributed by atoms with Gasteiger partial charge >= 0.3 is 5.63 Å². The SMILES string of the molecule is Nc1cccc(NS(=O)(=O)c2cc3ccc(O)cc3oc2=O)c1. The average Bonchev–Trinajstić information content (AvgIpc) is 2.45. The average molecular weight is 332 g/mol. The zero-order valence-corrected chi connectivity index (χ0v) is 12.5. The van der Waals surface area contributed by atoms with Crippen molar-refractivity contribution < 1.29 is 17.9 Å². The van der Waals surface area contributed by atoms with Crippen LogP contribution in [-0.2, 0) is 10.0 Å². The van der Waals surface area contributed by atoms with Gasteiger partial charge in [0.25, 0.3) is 10.0 Å². The fourth-order valence-corrected chi connectivity index (χ4v) is 3.17. The van der Waals surface area contributed by atoms with E-state index in [-0.39, 0.29) is 17.0 Å². The van der Waals surface area contributed by atoms with Gasteiger partial charge in [0.05, 0.1) is 5.69 Å². The number of phenolic OH excluding ortho intramolecular Hbond substituents is 1. The highest BCUT2D eigenvalue weighted by Gasteiger charge is 2.21. The molecule has 3 rings (SSSR count). The van der Waals surface area contributed by atoms with Gasteiger partial charge in [0.15, 0.2) is 4.90 Å². The van der Waals surface area contributed by atoms with E-state index in [1.807, 2.05) is 0 Å². The van der Waals surface area contributed by atoms with Crippen LogP contribution in [0.3, 0.4) is 0 Å². The summed E-state index contributed by atoms with van der Waals surface area (Å²) < 4.78 is 32.0. The minimum atomic E-state index is -4.14. The van der Waals surface area contributed by atoms with Crippen molar-refractivity contribution in [2.45, 2.75) is 4.90 Å². The molecule has 0 bridgehead atoms. The molecule has 0 spiro atoms. The molecule has 4 N–H and O–H groups in total. The van der Waals surface area contributed by atoms with Gasteiger partial charge in [-0.15, -0.1) is 0 Å². The van der Waals surface area contributed by atoms with Gasteiger partial charge in [-0.05, 0) is 36.4 Å². The predicted molar refractivity (Wildman–Crippen MR) is 85.8 cm³/mol. The second kappa shape index (κ2) is 5.33. The molecule has 1 heterocycles. The smallest absolute Gasteiger partial charge is 0.357 e. The molecule has 0 amide bonds. The van der Waals surface area contributed by atoms with Crippen LogP contribution in [0.15, 0.2) is 62.6 Å². The van der Waals surface area contributed by atoms with Gasteiger partial charge in [0, 0.05) is 17.1 Å². The molecular formula is C15H12N2O5S. The topological polar surface area (TPSA) is 123 Å². The van der Waals surface area contributed by atoms with Gasteiger partial charge in [-0.25, -0.2) is 13.2 Å². The van der Waals surface area contributed by atoms with Gasteiger partial charge in [-0.3, -0.25) is 4.72 Å². The summed E-state index contributed by atoms with van der Waals surface area (Å²) in [5, 5.41) is 9.74. The molecule has 23 heavy (non-hydrogen) atoms. The lowest BCUT2D eigenvalue weighted by atomic mass is 10.2.